The Morgan fingerprint density at radius 1 is 1.30 bits per heavy atom. The van der Waals surface area contributed by atoms with E-state index in [-0.39, 0.29) is 12.1 Å². The number of sulfonamides is 1. The SMILES string of the molecule is CS(=O)(=O)N1CCC(NCC2CCC(C(=O)O)O2)CC1. The van der Waals surface area contributed by atoms with E-state index in [1.165, 1.54) is 10.6 Å². The fourth-order valence-corrected chi connectivity index (χ4v) is 3.60. The second-order valence-corrected chi connectivity index (χ2v) is 7.49. The largest absolute Gasteiger partial charge is 0.479 e. The minimum absolute atomic E-state index is 0.0518. The van der Waals surface area contributed by atoms with Gasteiger partial charge >= 0.3 is 5.97 Å². The summed E-state index contributed by atoms with van der Waals surface area (Å²) >= 11 is 0. The first-order valence-corrected chi connectivity index (χ1v) is 8.78. The molecular weight excluding hydrogens is 284 g/mol. The highest BCUT2D eigenvalue weighted by Gasteiger charge is 2.31. The summed E-state index contributed by atoms with van der Waals surface area (Å²) in [5.41, 5.74) is 0. The summed E-state index contributed by atoms with van der Waals surface area (Å²) in [6.07, 6.45) is 3.39. The van der Waals surface area contributed by atoms with Crippen molar-refractivity contribution in [2.75, 3.05) is 25.9 Å². The van der Waals surface area contributed by atoms with Crippen LogP contribution in [0, 0.1) is 0 Å². The molecule has 0 spiro atoms. The third-order valence-electron chi connectivity index (χ3n) is 3.94. The van der Waals surface area contributed by atoms with Crippen LogP contribution in [0.3, 0.4) is 0 Å². The Balaban J connectivity index is 1.68. The van der Waals surface area contributed by atoms with Crippen LogP contribution in [-0.2, 0) is 19.6 Å². The summed E-state index contributed by atoms with van der Waals surface area (Å²) in [6, 6.07) is 0.278. The van der Waals surface area contributed by atoms with E-state index in [0.717, 1.165) is 19.3 Å². The molecule has 116 valence electrons. The number of ether oxygens (including phenoxy) is 1. The minimum atomic E-state index is -3.08. The third-order valence-corrected chi connectivity index (χ3v) is 5.24. The van der Waals surface area contributed by atoms with Gasteiger partial charge in [-0.3, -0.25) is 0 Å². The Labute approximate surface area is 119 Å². The molecule has 2 aliphatic heterocycles. The van der Waals surface area contributed by atoms with Crippen LogP contribution in [0.2, 0.25) is 0 Å². The molecule has 2 rings (SSSR count). The Morgan fingerprint density at radius 3 is 2.45 bits per heavy atom. The van der Waals surface area contributed by atoms with Gasteiger partial charge in [0, 0.05) is 25.7 Å². The van der Waals surface area contributed by atoms with Crippen molar-refractivity contribution >= 4 is 16.0 Å². The van der Waals surface area contributed by atoms with Gasteiger partial charge in [0.15, 0.2) is 6.10 Å². The minimum Gasteiger partial charge on any atom is -0.479 e. The number of carboxylic acids is 1. The maximum atomic E-state index is 11.4. The van der Waals surface area contributed by atoms with Crippen LogP contribution in [-0.4, -0.2) is 67.9 Å². The van der Waals surface area contributed by atoms with Gasteiger partial charge in [-0.1, -0.05) is 0 Å². The molecule has 7 nitrogen and oxygen atoms in total. The molecule has 2 N–H and O–H groups in total. The lowest BCUT2D eigenvalue weighted by molar-refractivity contribution is -0.149. The van der Waals surface area contributed by atoms with E-state index < -0.39 is 22.1 Å². The Bertz CT molecular complexity index is 445. The molecule has 2 aliphatic rings. The molecule has 2 fully saturated rings. The predicted molar refractivity (Wildman–Crippen MR) is 73.0 cm³/mol. The smallest absolute Gasteiger partial charge is 0.332 e. The Morgan fingerprint density at radius 2 is 1.95 bits per heavy atom. The molecule has 0 amide bonds. The molecule has 0 aliphatic carbocycles. The number of hydrogen-bond donors (Lipinski definition) is 2. The molecule has 8 heteroatoms. The average Bonchev–Trinajstić information content (AvgIpc) is 2.85. The Hall–Kier alpha value is -0.700. The second-order valence-electron chi connectivity index (χ2n) is 5.51. The van der Waals surface area contributed by atoms with Crippen molar-refractivity contribution in [2.45, 2.75) is 43.9 Å². The molecule has 2 heterocycles. The fraction of sp³-hybridized carbons (Fsp3) is 0.917. The molecule has 0 aromatic carbocycles. The van der Waals surface area contributed by atoms with E-state index in [1.807, 2.05) is 0 Å². The van der Waals surface area contributed by atoms with Crippen molar-refractivity contribution in [3.05, 3.63) is 0 Å². The van der Waals surface area contributed by atoms with E-state index in [9.17, 15) is 13.2 Å². The maximum Gasteiger partial charge on any atom is 0.332 e. The lowest BCUT2D eigenvalue weighted by Crippen LogP contribution is -2.46. The molecular formula is C12H22N2O5S. The van der Waals surface area contributed by atoms with Crippen molar-refractivity contribution in [3.63, 3.8) is 0 Å². The first-order chi connectivity index (χ1) is 9.36. The number of nitrogens with one attached hydrogen (secondary N) is 1. The van der Waals surface area contributed by atoms with Gasteiger partial charge < -0.3 is 15.2 Å². The highest BCUT2D eigenvalue weighted by molar-refractivity contribution is 7.88. The average molecular weight is 306 g/mol. The number of carbonyl (C=O) groups is 1. The van der Waals surface area contributed by atoms with Gasteiger partial charge in [-0.2, -0.15) is 0 Å². The van der Waals surface area contributed by atoms with Gasteiger partial charge in [-0.05, 0) is 25.7 Å². The van der Waals surface area contributed by atoms with E-state index >= 15 is 0 Å². The quantitative estimate of drug-likeness (QED) is 0.719. The molecule has 2 saturated heterocycles. The lowest BCUT2D eigenvalue weighted by Gasteiger charge is -2.31. The highest BCUT2D eigenvalue weighted by atomic mass is 32.2. The van der Waals surface area contributed by atoms with Crippen molar-refractivity contribution in [1.82, 2.24) is 9.62 Å². The summed E-state index contributed by atoms with van der Waals surface area (Å²) in [7, 11) is -3.08. The van der Waals surface area contributed by atoms with E-state index in [0.29, 0.717) is 26.1 Å². The predicted octanol–water partition coefficient (Wildman–Crippen LogP) is -0.368. The molecule has 0 aromatic rings. The molecule has 0 bridgehead atoms. The van der Waals surface area contributed by atoms with Crippen molar-refractivity contribution in [1.29, 1.82) is 0 Å². The van der Waals surface area contributed by atoms with Crippen LogP contribution in [0.25, 0.3) is 0 Å². The van der Waals surface area contributed by atoms with Crippen LogP contribution in [0.1, 0.15) is 25.7 Å². The summed E-state index contributed by atoms with van der Waals surface area (Å²) in [5.74, 6) is -0.894. The van der Waals surface area contributed by atoms with Gasteiger partial charge in [-0.15, -0.1) is 0 Å². The maximum absolute atomic E-state index is 11.4. The number of hydrogen-bond acceptors (Lipinski definition) is 5. The number of carboxylic acid groups (broad SMARTS) is 1. The highest BCUT2D eigenvalue weighted by Crippen LogP contribution is 2.20. The van der Waals surface area contributed by atoms with Crippen LogP contribution in [0.15, 0.2) is 0 Å². The Kier molecular flexibility index (Phi) is 5.00. The van der Waals surface area contributed by atoms with Gasteiger partial charge in [0.05, 0.1) is 12.4 Å². The zero-order chi connectivity index (χ0) is 14.8. The lowest BCUT2D eigenvalue weighted by atomic mass is 10.1. The first-order valence-electron chi connectivity index (χ1n) is 6.93. The number of rotatable bonds is 5. The van der Waals surface area contributed by atoms with Gasteiger partial charge in [0.1, 0.15) is 0 Å². The van der Waals surface area contributed by atoms with Gasteiger partial charge in [-0.25, -0.2) is 17.5 Å². The van der Waals surface area contributed by atoms with E-state index in [1.54, 1.807) is 0 Å². The van der Waals surface area contributed by atoms with Crippen molar-refractivity contribution < 1.29 is 23.1 Å². The number of aliphatic carboxylic acids is 1. The van der Waals surface area contributed by atoms with E-state index in [2.05, 4.69) is 5.32 Å². The third kappa shape index (κ3) is 4.15. The molecule has 2 unspecified atom stereocenters. The van der Waals surface area contributed by atoms with Gasteiger partial charge in [0.25, 0.3) is 0 Å². The monoisotopic (exact) mass is 306 g/mol. The zero-order valence-electron chi connectivity index (χ0n) is 11.6. The molecule has 0 aromatic heterocycles. The number of nitrogens with zero attached hydrogens (tertiary/aromatic N) is 1. The van der Waals surface area contributed by atoms with Gasteiger partial charge in [0.2, 0.25) is 10.0 Å². The molecule has 20 heavy (non-hydrogen) atoms. The first kappa shape index (κ1) is 15.7. The standard InChI is InChI=1S/C12H22N2O5S/c1-20(17,18)14-6-4-9(5-7-14)13-8-10-2-3-11(19-10)12(15)16/h9-11,13H,2-8H2,1H3,(H,15,16). The molecule has 2 atom stereocenters. The van der Waals surface area contributed by atoms with Crippen molar-refractivity contribution in [3.8, 4) is 0 Å². The van der Waals surface area contributed by atoms with E-state index in [4.69, 9.17) is 9.84 Å². The summed E-state index contributed by atoms with van der Waals surface area (Å²) in [5, 5.41) is 12.2. The summed E-state index contributed by atoms with van der Waals surface area (Å²) < 4.78 is 29.7. The summed E-state index contributed by atoms with van der Waals surface area (Å²) in [4.78, 5) is 10.8. The van der Waals surface area contributed by atoms with Crippen LogP contribution in [0.5, 0.6) is 0 Å². The molecule has 0 radical (unpaired) electrons. The number of piperidine rings is 1. The van der Waals surface area contributed by atoms with Crippen LogP contribution >= 0.6 is 0 Å². The second kappa shape index (κ2) is 6.38. The van der Waals surface area contributed by atoms with Crippen LogP contribution < -0.4 is 5.32 Å². The summed E-state index contributed by atoms with van der Waals surface area (Å²) in [6.45, 7) is 1.72. The fourth-order valence-electron chi connectivity index (χ4n) is 2.73. The zero-order valence-corrected chi connectivity index (χ0v) is 12.4. The van der Waals surface area contributed by atoms with Crippen LogP contribution in [0.4, 0.5) is 0 Å². The molecule has 0 saturated carbocycles. The normalized spacial score (nSPS) is 29.6. The van der Waals surface area contributed by atoms with Crippen molar-refractivity contribution in [2.24, 2.45) is 0 Å². The topological polar surface area (TPSA) is 95.9 Å².